The lowest BCUT2D eigenvalue weighted by Crippen LogP contribution is -2.42. The molecule has 1 aliphatic heterocycles. The Morgan fingerprint density at radius 2 is 1.67 bits per heavy atom. The van der Waals surface area contributed by atoms with E-state index in [1.54, 1.807) is 0 Å². The van der Waals surface area contributed by atoms with Gasteiger partial charge >= 0.3 is 0 Å². The molecule has 2 heterocycles. The van der Waals surface area contributed by atoms with E-state index in [1.807, 2.05) is 46.5 Å². The summed E-state index contributed by atoms with van der Waals surface area (Å²) in [5.41, 5.74) is 3.98. The molecule has 4 rings (SSSR count). The Bertz CT molecular complexity index is 951. The summed E-state index contributed by atoms with van der Waals surface area (Å²) in [7, 11) is 0. The van der Waals surface area contributed by atoms with Gasteiger partial charge in [0.15, 0.2) is 5.69 Å². The third-order valence-corrected chi connectivity index (χ3v) is 6.98. The van der Waals surface area contributed by atoms with Gasteiger partial charge in [0.1, 0.15) is 0 Å². The van der Waals surface area contributed by atoms with Crippen molar-refractivity contribution in [3.8, 4) is 5.69 Å². The Morgan fingerprint density at radius 3 is 2.42 bits per heavy atom. The van der Waals surface area contributed by atoms with Crippen LogP contribution in [0.1, 0.15) is 61.3 Å². The van der Waals surface area contributed by atoms with Crippen molar-refractivity contribution in [1.29, 1.82) is 0 Å². The lowest BCUT2D eigenvalue weighted by molar-refractivity contribution is -0.132. The van der Waals surface area contributed by atoms with E-state index in [0.717, 1.165) is 69.5 Å². The number of hydrogen-bond donors (Lipinski definition) is 0. The maximum atomic E-state index is 13.7. The molecular weight excluding hydrogens is 414 g/mol. The van der Waals surface area contributed by atoms with Gasteiger partial charge < -0.3 is 9.80 Å². The third kappa shape index (κ3) is 5.29. The minimum Gasteiger partial charge on any atom is -0.342 e. The fraction of sp³-hybridized carbons (Fsp3) is 0.577. The molecule has 1 aromatic carbocycles. The monoisotopic (exact) mass is 451 g/mol. The number of likely N-dealkylation sites (N-methyl/N-ethyl adjacent to an activating group) is 1. The van der Waals surface area contributed by atoms with Crippen LogP contribution >= 0.6 is 0 Å². The molecule has 33 heavy (non-hydrogen) atoms. The number of para-hydroxylation sites is 1. The minimum absolute atomic E-state index is 0.0414. The Labute approximate surface area is 197 Å². The fourth-order valence-electron chi connectivity index (χ4n) is 5.08. The normalized spacial score (nSPS) is 17.2. The van der Waals surface area contributed by atoms with Gasteiger partial charge in [-0.25, -0.2) is 4.68 Å². The van der Waals surface area contributed by atoms with E-state index in [9.17, 15) is 9.59 Å². The van der Waals surface area contributed by atoms with Crippen LogP contribution < -0.4 is 0 Å². The number of benzene rings is 1. The summed E-state index contributed by atoms with van der Waals surface area (Å²) < 4.78 is 2.00. The highest BCUT2D eigenvalue weighted by Crippen LogP contribution is 2.27. The van der Waals surface area contributed by atoms with Gasteiger partial charge in [0.2, 0.25) is 5.91 Å². The summed E-state index contributed by atoms with van der Waals surface area (Å²) in [6.45, 7) is 8.85. The predicted molar refractivity (Wildman–Crippen MR) is 130 cm³/mol. The van der Waals surface area contributed by atoms with Crippen molar-refractivity contribution in [3.63, 3.8) is 0 Å². The molecule has 2 aliphatic rings. The molecule has 1 aliphatic carbocycles. The molecule has 7 heteroatoms. The highest BCUT2D eigenvalue weighted by atomic mass is 16.2. The van der Waals surface area contributed by atoms with Crippen LogP contribution in [0.25, 0.3) is 5.69 Å². The van der Waals surface area contributed by atoms with Crippen molar-refractivity contribution in [1.82, 2.24) is 24.5 Å². The predicted octanol–water partition coefficient (Wildman–Crippen LogP) is 3.16. The van der Waals surface area contributed by atoms with Crippen LogP contribution in [-0.4, -0.2) is 82.1 Å². The zero-order chi connectivity index (χ0) is 23.2. The Hall–Kier alpha value is -2.67. The van der Waals surface area contributed by atoms with Crippen molar-refractivity contribution in [2.24, 2.45) is 0 Å². The van der Waals surface area contributed by atoms with Gasteiger partial charge in [0.25, 0.3) is 5.91 Å². The summed E-state index contributed by atoms with van der Waals surface area (Å²) in [4.78, 5) is 32.2. The lowest BCUT2D eigenvalue weighted by atomic mass is 10.1. The first-order chi connectivity index (χ1) is 16.1. The van der Waals surface area contributed by atoms with Crippen molar-refractivity contribution < 1.29 is 9.59 Å². The van der Waals surface area contributed by atoms with Gasteiger partial charge in [-0.3, -0.25) is 14.5 Å². The highest BCUT2D eigenvalue weighted by molar-refractivity contribution is 5.94. The van der Waals surface area contributed by atoms with Crippen molar-refractivity contribution in [2.45, 2.75) is 52.4 Å². The highest BCUT2D eigenvalue weighted by Gasteiger charge is 2.29. The van der Waals surface area contributed by atoms with Gasteiger partial charge in [-0.15, -0.1) is 0 Å². The summed E-state index contributed by atoms with van der Waals surface area (Å²) in [6, 6.07) is 10.2. The van der Waals surface area contributed by atoms with E-state index in [-0.39, 0.29) is 11.8 Å². The van der Waals surface area contributed by atoms with Crippen LogP contribution in [0.15, 0.2) is 30.3 Å². The number of rotatable bonds is 6. The Morgan fingerprint density at radius 1 is 0.909 bits per heavy atom. The molecule has 2 amide bonds. The summed E-state index contributed by atoms with van der Waals surface area (Å²) >= 11 is 0. The number of amides is 2. The van der Waals surface area contributed by atoms with E-state index < -0.39 is 0 Å². The molecule has 0 spiro atoms. The third-order valence-electron chi connectivity index (χ3n) is 6.98. The van der Waals surface area contributed by atoms with E-state index in [4.69, 9.17) is 5.10 Å². The van der Waals surface area contributed by atoms with Gasteiger partial charge in [0.05, 0.1) is 12.2 Å². The second-order valence-electron chi connectivity index (χ2n) is 9.07. The SMILES string of the molecule is CCN(CC)C(=O)CN1CCCN(C(=O)c2nn(-c3ccccc3)c3c2CCCCC3)CC1. The molecule has 7 nitrogen and oxygen atoms in total. The quantitative estimate of drug-likeness (QED) is 0.633. The van der Waals surface area contributed by atoms with Gasteiger partial charge in [-0.1, -0.05) is 24.6 Å². The summed E-state index contributed by atoms with van der Waals surface area (Å²) in [6.07, 6.45) is 6.19. The first-order valence-electron chi connectivity index (χ1n) is 12.6. The van der Waals surface area contributed by atoms with Crippen LogP contribution in [0.4, 0.5) is 0 Å². The molecule has 0 unspecified atom stereocenters. The van der Waals surface area contributed by atoms with Gasteiger partial charge in [-0.2, -0.15) is 5.10 Å². The standard InChI is InChI=1S/C26H37N5O2/c1-3-29(4-2)24(32)20-28-16-11-17-30(19-18-28)26(33)25-22-14-9-6-10-15-23(22)31(27-25)21-12-7-5-8-13-21/h5,7-8,12-13H,3-4,6,9-11,14-20H2,1-2H3. The number of fused-ring (bicyclic) bond motifs is 1. The van der Waals surface area contributed by atoms with E-state index in [0.29, 0.717) is 25.3 Å². The van der Waals surface area contributed by atoms with Crippen LogP contribution in [-0.2, 0) is 17.6 Å². The maximum absolute atomic E-state index is 13.7. The van der Waals surface area contributed by atoms with E-state index >= 15 is 0 Å². The van der Waals surface area contributed by atoms with Crippen LogP contribution in [0, 0.1) is 0 Å². The fourth-order valence-corrected chi connectivity index (χ4v) is 5.08. The molecule has 178 valence electrons. The Balaban J connectivity index is 1.51. The molecule has 0 radical (unpaired) electrons. The van der Waals surface area contributed by atoms with Crippen molar-refractivity contribution in [3.05, 3.63) is 47.3 Å². The summed E-state index contributed by atoms with van der Waals surface area (Å²) in [5, 5.41) is 4.87. The average molecular weight is 452 g/mol. The molecular formula is C26H37N5O2. The van der Waals surface area contributed by atoms with Crippen LogP contribution in [0.2, 0.25) is 0 Å². The smallest absolute Gasteiger partial charge is 0.274 e. The van der Waals surface area contributed by atoms with Crippen molar-refractivity contribution >= 4 is 11.8 Å². The van der Waals surface area contributed by atoms with Crippen LogP contribution in [0.3, 0.4) is 0 Å². The topological polar surface area (TPSA) is 61.7 Å². The number of aromatic nitrogens is 2. The number of nitrogens with zero attached hydrogens (tertiary/aromatic N) is 5. The zero-order valence-corrected chi connectivity index (χ0v) is 20.1. The molecule has 1 aromatic heterocycles. The molecule has 1 saturated heterocycles. The second-order valence-corrected chi connectivity index (χ2v) is 9.07. The molecule has 0 atom stereocenters. The zero-order valence-electron chi connectivity index (χ0n) is 20.1. The largest absolute Gasteiger partial charge is 0.342 e. The first-order valence-corrected chi connectivity index (χ1v) is 12.6. The molecule has 0 saturated carbocycles. The molecule has 1 fully saturated rings. The van der Waals surface area contributed by atoms with Crippen LogP contribution in [0.5, 0.6) is 0 Å². The number of carbonyl (C=O) groups is 2. The maximum Gasteiger partial charge on any atom is 0.274 e. The average Bonchev–Trinajstić information content (AvgIpc) is 2.99. The number of carbonyl (C=O) groups excluding carboxylic acids is 2. The van der Waals surface area contributed by atoms with E-state index in [2.05, 4.69) is 17.0 Å². The second kappa shape index (κ2) is 11.0. The Kier molecular flexibility index (Phi) is 7.81. The van der Waals surface area contributed by atoms with Gasteiger partial charge in [-0.05, 0) is 58.1 Å². The first kappa shape index (κ1) is 23.5. The van der Waals surface area contributed by atoms with E-state index in [1.165, 1.54) is 12.1 Å². The summed E-state index contributed by atoms with van der Waals surface area (Å²) in [5.74, 6) is 0.214. The molecule has 0 N–H and O–H groups in total. The van der Waals surface area contributed by atoms with Crippen molar-refractivity contribution in [2.75, 3.05) is 45.8 Å². The molecule has 0 bridgehead atoms. The lowest BCUT2D eigenvalue weighted by Gasteiger charge is -2.25. The number of hydrogen-bond acceptors (Lipinski definition) is 4. The molecule has 2 aromatic rings. The minimum atomic E-state index is 0.0414. The van der Waals surface area contributed by atoms with Gasteiger partial charge in [0, 0.05) is 50.5 Å².